The highest BCUT2D eigenvalue weighted by Gasteiger charge is 2.35. The zero-order valence-electron chi connectivity index (χ0n) is 14.6. The average Bonchev–Trinajstić information content (AvgIpc) is 3.00. The van der Waals surface area contributed by atoms with Crippen molar-refractivity contribution in [3.63, 3.8) is 0 Å². The first-order valence-electron chi connectivity index (χ1n) is 8.46. The van der Waals surface area contributed by atoms with Gasteiger partial charge in [-0.15, -0.1) is 0 Å². The number of rotatable bonds is 5. The van der Waals surface area contributed by atoms with E-state index in [0.29, 0.717) is 17.8 Å². The first kappa shape index (κ1) is 18.9. The second-order valence-corrected chi connectivity index (χ2v) is 8.58. The largest absolute Gasteiger partial charge is 0.452 e. The summed E-state index contributed by atoms with van der Waals surface area (Å²) in [6, 6.07) is 14.5. The number of hydrogen-bond donors (Lipinski definition) is 1. The standard InChI is InChI=1S/C19H20N2O5S/c20-15-8-6-14(7-9-15)19(23)26-12-18(22)21(16-4-2-1-3-5-16)17-10-11-27(24,25)13-17/h1-9,17H,10-13,20H2/t17-/m1/s1. The summed E-state index contributed by atoms with van der Waals surface area (Å²) in [5, 5.41) is 0. The third-order valence-electron chi connectivity index (χ3n) is 4.35. The summed E-state index contributed by atoms with van der Waals surface area (Å²) in [6.07, 6.45) is 0.356. The van der Waals surface area contributed by atoms with Crippen LogP contribution < -0.4 is 10.6 Å². The Balaban J connectivity index is 1.73. The van der Waals surface area contributed by atoms with Gasteiger partial charge in [-0.2, -0.15) is 0 Å². The van der Waals surface area contributed by atoms with Gasteiger partial charge in [0.25, 0.3) is 5.91 Å². The van der Waals surface area contributed by atoms with Crippen LogP contribution in [-0.4, -0.2) is 44.4 Å². The van der Waals surface area contributed by atoms with Gasteiger partial charge in [0.2, 0.25) is 0 Å². The molecule has 1 atom stereocenters. The molecule has 1 aliphatic heterocycles. The van der Waals surface area contributed by atoms with Crippen molar-refractivity contribution < 1.29 is 22.7 Å². The zero-order valence-corrected chi connectivity index (χ0v) is 15.4. The van der Waals surface area contributed by atoms with E-state index in [2.05, 4.69) is 0 Å². The van der Waals surface area contributed by atoms with E-state index in [-0.39, 0.29) is 17.1 Å². The summed E-state index contributed by atoms with van der Waals surface area (Å²) in [5.74, 6) is -1.17. The number of benzene rings is 2. The molecule has 0 aliphatic carbocycles. The Kier molecular flexibility index (Phi) is 5.46. The van der Waals surface area contributed by atoms with Crippen molar-refractivity contribution in [2.45, 2.75) is 12.5 Å². The zero-order chi connectivity index (χ0) is 19.4. The third kappa shape index (κ3) is 4.65. The van der Waals surface area contributed by atoms with Crippen LogP contribution in [0.4, 0.5) is 11.4 Å². The molecule has 27 heavy (non-hydrogen) atoms. The minimum atomic E-state index is -3.17. The number of amides is 1. The molecular weight excluding hydrogens is 368 g/mol. The van der Waals surface area contributed by atoms with Crippen molar-refractivity contribution in [3.05, 3.63) is 60.2 Å². The lowest BCUT2D eigenvalue weighted by molar-refractivity contribution is -0.122. The van der Waals surface area contributed by atoms with E-state index in [1.54, 1.807) is 42.5 Å². The smallest absolute Gasteiger partial charge is 0.338 e. The molecule has 0 aromatic heterocycles. The summed E-state index contributed by atoms with van der Waals surface area (Å²) < 4.78 is 28.8. The normalized spacial score (nSPS) is 18.0. The van der Waals surface area contributed by atoms with Gasteiger partial charge >= 0.3 is 5.97 Å². The van der Waals surface area contributed by atoms with Gasteiger partial charge in [0, 0.05) is 11.4 Å². The molecule has 1 heterocycles. The first-order chi connectivity index (χ1) is 12.9. The second-order valence-electron chi connectivity index (χ2n) is 6.35. The van der Waals surface area contributed by atoms with Crippen LogP contribution in [0.3, 0.4) is 0 Å². The lowest BCUT2D eigenvalue weighted by atomic mass is 10.2. The molecule has 0 unspecified atom stereocenters. The lowest BCUT2D eigenvalue weighted by Gasteiger charge is -2.28. The van der Waals surface area contributed by atoms with E-state index >= 15 is 0 Å². The summed E-state index contributed by atoms with van der Waals surface area (Å²) in [7, 11) is -3.17. The summed E-state index contributed by atoms with van der Waals surface area (Å²) in [6.45, 7) is -0.478. The number of nitrogen functional groups attached to an aromatic ring is 1. The minimum Gasteiger partial charge on any atom is -0.452 e. The molecule has 0 radical (unpaired) electrons. The number of nitrogens with zero attached hydrogens (tertiary/aromatic N) is 1. The molecule has 1 amide bonds. The number of hydrogen-bond acceptors (Lipinski definition) is 6. The molecule has 0 spiro atoms. The molecule has 2 N–H and O–H groups in total. The van der Waals surface area contributed by atoms with Crippen molar-refractivity contribution in [2.24, 2.45) is 0 Å². The highest BCUT2D eigenvalue weighted by molar-refractivity contribution is 7.91. The average molecular weight is 388 g/mol. The molecule has 142 valence electrons. The van der Waals surface area contributed by atoms with Crippen molar-refractivity contribution in [2.75, 3.05) is 28.7 Å². The molecule has 8 heteroatoms. The van der Waals surface area contributed by atoms with E-state index in [0.717, 1.165) is 0 Å². The highest BCUT2D eigenvalue weighted by atomic mass is 32.2. The van der Waals surface area contributed by atoms with E-state index in [4.69, 9.17) is 10.5 Å². The monoisotopic (exact) mass is 388 g/mol. The summed E-state index contributed by atoms with van der Waals surface area (Å²) in [5.41, 5.74) is 6.96. The van der Waals surface area contributed by atoms with Gasteiger partial charge in [-0.05, 0) is 42.8 Å². The molecule has 2 aromatic rings. The van der Waals surface area contributed by atoms with Crippen LogP contribution in [-0.2, 0) is 19.4 Å². The molecule has 0 saturated carbocycles. The van der Waals surface area contributed by atoms with Crippen molar-refractivity contribution in [1.29, 1.82) is 0 Å². The predicted octanol–water partition coefficient (Wildman–Crippen LogP) is 1.65. The fourth-order valence-electron chi connectivity index (χ4n) is 3.03. The van der Waals surface area contributed by atoms with Crippen LogP contribution in [0.15, 0.2) is 54.6 Å². The number of para-hydroxylation sites is 1. The number of ether oxygens (including phenoxy) is 1. The van der Waals surface area contributed by atoms with E-state index in [1.165, 1.54) is 17.0 Å². The maximum Gasteiger partial charge on any atom is 0.338 e. The number of esters is 1. The SMILES string of the molecule is Nc1ccc(C(=O)OCC(=O)N(c2ccccc2)[C@@H]2CCS(=O)(=O)C2)cc1. The van der Waals surface area contributed by atoms with Crippen molar-refractivity contribution >= 4 is 33.1 Å². The fraction of sp³-hybridized carbons (Fsp3) is 0.263. The van der Waals surface area contributed by atoms with Gasteiger partial charge in [-0.25, -0.2) is 13.2 Å². The van der Waals surface area contributed by atoms with E-state index in [1.807, 2.05) is 0 Å². The van der Waals surface area contributed by atoms with Crippen LogP contribution in [0.25, 0.3) is 0 Å². The Morgan fingerprint density at radius 2 is 1.74 bits per heavy atom. The molecule has 7 nitrogen and oxygen atoms in total. The van der Waals surface area contributed by atoms with Crippen LogP contribution in [0.2, 0.25) is 0 Å². The quantitative estimate of drug-likeness (QED) is 0.616. The Hall–Kier alpha value is -2.87. The van der Waals surface area contributed by atoms with E-state index < -0.39 is 34.4 Å². The highest BCUT2D eigenvalue weighted by Crippen LogP contribution is 2.24. The van der Waals surface area contributed by atoms with Crippen molar-refractivity contribution in [1.82, 2.24) is 0 Å². The molecule has 0 bridgehead atoms. The van der Waals surface area contributed by atoms with Crippen LogP contribution in [0.5, 0.6) is 0 Å². The Labute approximate surface area is 157 Å². The molecule has 3 rings (SSSR count). The lowest BCUT2D eigenvalue weighted by Crippen LogP contribution is -2.43. The van der Waals surface area contributed by atoms with Crippen molar-refractivity contribution in [3.8, 4) is 0 Å². The minimum absolute atomic E-state index is 0.0412. The topological polar surface area (TPSA) is 107 Å². The molecule has 1 aliphatic rings. The van der Waals surface area contributed by atoms with Gasteiger partial charge in [-0.3, -0.25) is 4.79 Å². The predicted molar refractivity (Wildman–Crippen MR) is 102 cm³/mol. The third-order valence-corrected chi connectivity index (χ3v) is 6.10. The molecular formula is C19H20N2O5S. The number of anilines is 2. The van der Waals surface area contributed by atoms with Crippen LogP contribution in [0.1, 0.15) is 16.8 Å². The Bertz CT molecular complexity index is 926. The number of sulfone groups is 1. The fourth-order valence-corrected chi connectivity index (χ4v) is 4.73. The summed E-state index contributed by atoms with van der Waals surface area (Å²) >= 11 is 0. The first-order valence-corrected chi connectivity index (χ1v) is 10.3. The van der Waals surface area contributed by atoms with Gasteiger partial charge in [0.05, 0.1) is 23.1 Å². The van der Waals surface area contributed by atoms with E-state index in [9.17, 15) is 18.0 Å². The maximum atomic E-state index is 12.8. The Morgan fingerprint density at radius 1 is 1.07 bits per heavy atom. The number of carbonyl (C=O) groups is 2. The Morgan fingerprint density at radius 3 is 2.33 bits per heavy atom. The molecule has 1 fully saturated rings. The maximum absolute atomic E-state index is 12.8. The molecule has 2 aromatic carbocycles. The molecule has 1 saturated heterocycles. The van der Waals surface area contributed by atoms with Crippen LogP contribution >= 0.6 is 0 Å². The van der Waals surface area contributed by atoms with Crippen LogP contribution in [0, 0.1) is 0 Å². The second kappa shape index (κ2) is 7.79. The van der Waals surface area contributed by atoms with Gasteiger partial charge < -0.3 is 15.4 Å². The summed E-state index contributed by atoms with van der Waals surface area (Å²) in [4.78, 5) is 26.3. The van der Waals surface area contributed by atoms with Gasteiger partial charge in [-0.1, -0.05) is 18.2 Å². The number of carbonyl (C=O) groups excluding carboxylic acids is 2. The van der Waals surface area contributed by atoms with Gasteiger partial charge in [0.1, 0.15) is 0 Å². The number of nitrogens with two attached hydrogens (primary N) is 1. The van der Waals surface area contributed by atoms with Gasteiger partial charge in [0.15, 0.2) is 16.4 Å².